The van der Waals surface area contributed by atoms with Gasteiger partial charge in [-0.05, 0) is 31.1 Å². The van der Waals surface area contributed by atoms with Gasteiger partial charge in [0.2, 0.25) is 0 Å². The van der Waals surface area contributed by atoms with E-state index < -0.39 is 28.5 Å². The van der Waals surface area contributed by atoms with Crippen LogP contribution in [0.15, 0.2) is 23.8 Å². The van der Waals surface area contributed by atoms with Crippen LogP contribution >= 0.6 is 0 Å². The molecule has 0 aromatic heterocycles. The number of aliphatic hydroxyl groups is 2. The summed E-state index contributed by atoms with van der Waals surface area (Å²) in [6.45, 7) is 5.23. The van der Waals surface area contributed by atoms with Crippen molar-refractivity contribution in [2.75, 3.05) is 0 Å². The summed E-state index contributed by atoms with van der Waals surface area (Å²) in [4.78, 5) is 24.5. The lowest BCUT2D eigenvalue weighted by atomic mass is 9.42. The Morgan fingerprint density at radius 1 is 1.21 bits per heavy atom. The number of fused-ring (bicyclic) bond motifs is 1. The number of allylic oxidation sites excluding steroid dienone is 3. The van der Waals surface area contributed by atoms with Crippen LogP contribution in [0.25, 0.3) is 0 Å². The van der Waals surface area contributed by atoms with Gasteiger partial charge in [0.05, 0.1) is 11.5 Å². The molecule has 102 valence electrons. The van der Waals surface area contributed by atoms with Gasteiger partial charge in [0.15, 0.2) is 11.6 Å². The third kappa shape index (κ3) is 1.13. The fraction of sp³-hybridized carbons (Fsp3) is 0.600. The number of hydrogen-bond donors (Lipinski definition) is 2. The van der Waals surface area contributed by atoms with Crippen LogP contribution in [-0.2, 0) is 9.59 Å². The summed E-state index contributed by atoms with van der Waals surface area (Å²) in [5, 5.41) is 21.2. The van der Waals surface area contributed by atoms with E-state index in [1.807, 2.05) is 6.92 Å². The van der Waals surface area contributed by atoms with Crippen molar-refractivity contribution in [2.24, 2.45) is 16.7 Å². The first-order valence-corrected chi connectivity index (χ1v) is 6.57. The van der Waals surface area contributed by atoms with Crippen LogP contribution in [0.1, 0.15) is 27.2 Å². The second kappa shape index (κ2) is 3.25. The van der Waals surface area contributed by atoms with E-state index in [-0.39, 0.29) is 18.0 Å². The molecule has 0 heterocycles. The molecule has 0 radical (unpaired) electrons. The fourth-order valence-corrected chi connectivity index (χ4v) is 4.10. The molecule has 4 nitrogen and oxygen atoms in total. The number of rotatable bonds is 0. The highest BCUT2D eigenvalue weighted by molar-refractivity contribution is 6.05. The lowest BCUT2D eigenvalue weighted by Gasteiger charge is -2.61. The van der Waals surface area contributed by atoms with E-state index in [2.05, 4.69) is 0 Å². The first kappa shape index (κ1) is 12.8. The van der Waals surface area contributed by atoms with E-state index in [0.717, 1.165) is 5.57 Å². The minimum atomic E-state index is -1.57. The second-order valence-corrected chi connectivity index (χ2v) is 6.53. The lowest BCUT2D eigenvalue weighted by Crippen LogP contribution is -2.70. The number of ketones is 2. The van der Waals surface area contributed by atoms with Gasteiger partial charge in [-0.15, -0.1) is 0 Å². The van der Waals surface area contributed by atoms with Crippen LogP contribution in [0.4, 0.5) is 0 Å². The van der Waals surface area contributed by atoms with Gasteiger partial charge >= 0.3 is 0 Å². The van der Waals surface area contributed by atoms with Crippen molar-refractivity contribution in [1.29, 1.82) is 0 Å². The van der Waals surface area contributed by atoms with Crippen molar-refractivity contribution >= 4 is 11.6 Å². The van der Waals surface area contributed by atoms with Crippen LogP contribution in [0.5, 0.6) is 0 Å². The molecule has 0 spiro atoms. The molecule has 2 bridgehead atoms. The molecular weight excluding hydrogens is 244 g/mol. The number of hydrogen-bond acceptors (Lipinski definition) is 4. The number of carbonyl (C=O) groups excluding carboxylic acids is 2. The summed E-state index contributed by atoms with van der Waals surface area (Å²) in [6, 6.07) is 0. The summed E-state index contributed by atoms with van der Waals surface area (Å²) in [5.74, 6) is -1.17. The highest BCUT2D eigenvalue weighted by Crippen LogP contribution is 2.63. The van der Waals surface area contributed by atoms with Gasteiger partial charge in [-0.25, -0.2) is 0 Å². The summed E-state index contributed by atoms with van der Waals surface area (Å²) in [6.07, 6.45) is 3.67. The third-order valence-corrected chi connectivity index (χ3v) is 5.86. The Morgan fingerprint density at radius 2 is 1.84 bits per heavy atom. The first-order valence-electron chi connectivity index (χ1n) is 6.57. The zero-order valence-corrected chi connectivity index (χ0v) is 11.3. The molecule has 0 saturated heterocycles. The standard InChI is InChI=1S/C15H18O4/c1-8-12(18)14(3)10(16)5-4-9-6-11(17)15(8,19)7-13(9,14)2/h4-6,8,12,18-19H,7H2,1-3H3. The van der Waals surface area contributed by atoms with E-state index in [1.54, 1.807) is 19.9 Å². The van der Waals surface area contributed by atoms with Crippen molar-refractivity contribution in [3.05, 3.63) is 23.8 Å². The molecule has 1 fully saturated rings. The minimum Gasteiger partial charge on any atom is -0.392 e. The maximum absolute atomic E-state index is 12.3. The monoisotopic (exact) mass is 262 g/mol. The summed E-state index contributed by atoms with van der Waals surface area (Å²) < 4.78 is 0. The number of carbonyl (C=O) groups is 2. The van der Waals surface area contributed by atoms with Gasteiger partial charge in [0, 0.05) is 11.3 Å². The molecule has 3 aliphatic carbocycles. The maximum Gasteiger partial charge on any atom is 0.187 e. The van der Waals surface area contributed by atoms with Gasteiger partial charge < -0.3 is 10.2 Å². The maximum atomic E-state index is 12.3. The van der Waals surface area contributed by atoms with E-state index in [4.69, 9.17) is 0 Å². The van der Waals surface area contributed by atoms with Crippen molar-refractivity contribution in [1.82, 2.24) is 0 Å². The largest absolute Gasteiger partial charge is 0.392 e. The van der Waals surface area contributed by atoms with Gasteiger partial charge in [0.25, 0.3) is 0 Å². The summed E-state index contributed by atoms with van der Waals surface area (Å²) in [5.41, 5.74) is -2.52. The van der Waals surface area contributed by atoms with E-state index >= 15 is 0 Å². The van der Waals surface area contributed by atoms with Crippen molar-refractivity contribution < 1.29 is 19.8 Å². The predicted octanol–water partition coefficient (Wildman–Crippen LogP) is 0.779. The van der Waals surface area contributed by atoms with Gasteiger partial charge in [-0.1, -0.05) is 19.9 Å². The van der Waals surface area contributed by atoms with Crippen LogP contribution in [0.3, 0.4) is 0 Å². The molecule has 1 saturated carbocycles. The minimum absolute atomic E-state index is 0.136. The Hall–Kier alpha value is -1.26. The van der Waals surface area contributed by atoms with Gasteiger partial charge in [-0.2, -0.15) is 0 Å². The first-order chi connectivity index (χ1) is 8.68. The molecule has 0 aliphatic heterocycles. The summed E-state index contributed by atoms with van der Waals surface area (Å²) >= 11 is 0. The molecule has 0 amide bonds. The molecule has 4 heteroatoms. The average Bonchev–Trinajstić information content (AvgIpc) is 2.35. The molecule has 3 aliphatic rings. The molecule has 2 N–H and O–H groups in total. The third-order valence-electron chi connectivity index (χ3n) is 5.86. The second-order valence-electron chi connectivity index (χ2n) is 6.53. The van der Waals surface area contributed by atoms with E-state index in [9.17, 15) is 19.8 Å². The Bertz CT molecular complexity index is 560. The molecule has 5 atom stereocenters. The molecule has 19 heavy (non-hydrogen) atoms. The Balaban J connectivity index is 2.35. The topological polar surface area (TPSA) is 74.6 Å². The van der Waals surface area contributed by atoms with Crippen LogP contribution in [-0.4, -0.2) is 33.5 Å². The highest BCUT2D eigenvalue weighted by Gasteiger charge is 2.69. The molecule has 3 rings (SSSR count). The van der Waals surface area contributed by atoms with Gasteiger partial charge in [0.1, 0.15) is 5.60 Å². The number of aliphatic hydroxyl groups excluding tert-OH is 1. The lowest BCUT2D eigenvalue weighted by molar-refractivity contribution is -0.202. The highest BCUT2D eigenvalue weighted by atomic mass is 16.3. The summed E-state index contributed by atoms with van der Waals surface area (Å²) in [7, 11) is 0. The Morgan fingerprint density at radius 3 is 2.47 bits per heavy atom. The van der Waals surface area contributed by atoms with E-state index in [0.29, 0.717) is 0 Å². The molecule has 0 aromatic carbocycles. The Labute approximate surface area is 111 Å². The van der Waals surface area contributed by atoms with Crippen molar-refractivity contribution in [3.63, 3.8) is 0 Å². The predicted molar refractivity (Wildman–Crippen MR) is 68.2 cm³/mol. The normalized spacial score (nSPS) is 52.2. The van der Waals surface area contributed by atoms with Crippen molar-refractivity contribution in [3.8, 4) is 0 Å². The molecule has 0 aromatic rings. The van der Waals surface area contributed by atoms with E-state index in [1.165, 1.54) is 12.2 Å². The molecular formula is C15H18O4. The van der Waals surface area contributed by atoms with Crippen molar-refractivity contribution in [2.45, 2.75) is 38.9 Å². The quantitative estimate of drug-likeness (QED) is 0.676. The zero-order valence-electron chi connectivity index (χ0n) is 11.3. The smallest absolute Gasteiger partial charge is 0.187 e. The van der Waals surface area contributed by atoms with Crippen LogP contribution in [0, 0.1) is 16.7 Å². The average molecular weight is 262 g/mol. The zero-order chi connectivity index (χ0) is 14.2. The fourth-order valence-electron chi connectivity index (χ4n) is 4.10. The van der Waals surface area contributed by atoms with Crippen LogP contribution < -0.4 is 0 Å². The Kier molecular flexibility index (Phi) is 2.18. The SMILES string of the molecule is CC1C(O)C2(C)C(=O)C=CC3=CC(=O)C1(O)CC32C. The molecule has 5 unspecified atom stereocenters. The van der Waals surface area contributed by atoms with Gasteiger partial charge in [-0.3, -0.25) is 9.59 Å². The van der Waals surface area contributed by atoms with Crippen LogP contribution in [0.2, 0.25) is 0 Å².